The van der Waals surface area contributed by atoms with Gasteiger partial charge in [-0.25, -0.2) is 9.78 Å². The predicted molar refractivity (Wildman–Crippen MR) is 123 cm³/mol. The van der Waals surface area contributed by atoms with Crippen LogP contribution in [0.3, 0.4) is 0 Å². The number of amides is 3. The molecule has 0 aliphatic heterocycles. The Kier molecular flexibility index (Phi) is 8.82. The number of anilines is 1. The van der Waals surface area contributed by atoms with Gasteiger partial charge in [0.1, 0.15) is 5.75 Å². The minimum atomic E-state index is -0.547. The number of ether oxygens (including phenoxy) is 1. The molecule has 0 bridgehead atoms. The number of aromatic nitrogens is 2. The zero-order valence-electron chi connectivity index (χ0n) is 18.2. The Morgan fingerprint density at radius 2 is 1.88 bits per heavy atom. The lowest BCUT2D eigenvalue weighted by Crippen LogP contribution is -2.42. The summed E-state index contributed by atoms with van der Waals surface area (Å²) in [5, 5.41) is 5.07. The third-order valence-corrected chi connectivity index (χ3v) is 4.77. The Bertz CT molecular complexity index is 976. The first-order chi connectivity index (χ1) is 15.6. The molecule has 8 heteroatoms. The van der Waals surface area contributed by atoms with Crippen molar-refractivity contribution < 1.29 is 14.3 Å². The van der Waals surface area contributed by atoms with E-state index in [0.29, 0.717) is 25.4 Å². The standard InChI is InChI=1S/C24H29N5O3/c1-2-32-22-12-7-6-9-20(22)17-29(15-8-14-28-16-13-25-19-28)18-23(30)27-24(31)26-21-10-4-3-5-11-21/h3-7,9-13,16,19H,2,8,14-15,17-18H2,1H3,(H2,26,27,30,31). The quantitative estimate of drug-likeness (QED) is 0.481. The van der Waals surface area contributed by atoms with E-state index in [1.165, 1.54) is 0 Å². The lowest BCUT2D eigenvalue weighted by atomic mass is 10.1. The highest BCUT2D eigenvalue weighted by atomic mass is 16.5. The zero-order valence-corrected chi connectivity index (χ0v) is 18.2. The minimum Gasteiger partial charge on any atom is -0.494 e. The Hall–Kier alpha value is -3.65. The van der Waals surface area contributed by atoms with Crippen LogP contribution >= 0.6 is 0 Å². The van der Waals surface area contributed by atoms with E-state index in [1.807, 2.05) is 65.1 Å². The number of para-hydroxylation sites is 2. The number of hydrogen-bond donors (Lipinski definition) is 2. The molecule has 8 nitrogen and oxygen atoms in total. The van der Waals surface area contributed by atoms with Gasteiger partial charge in [-0.1, -0.05) is 36.4 Å². The molecule has 0 atom stereocenters. The molecule has 2 aromatic carbocycles. The highest BCUT2D eigenvalue weighted by molar-refractivity contribution is 6.01. The molecular weight excluding hydrogens is 406 g/mol. The monoisotopic (exact) mass is 435 g/mol. The second-order valence-corrected chi connectivity index (χ2v) is 7.27. The van der Waals surface area contributed by atoms with E-state index in [4.69, 9.17) is 4.74 Å². The van der Waals surface area contributed by atoms with Gasteiger partial charge >= 0.3 is 6.03 Å². The molecule has 0 spiro atoms. The summed E-state index contributed by atoms with van der Waals surface area (Å²) in [6.45, 7) is 4.60. The fraction of sp³-hybridized carbons (Fsp3) is 0.292. The molecule has 0 aliphatic carbocycles. The first-order valence-corrected chi connectivity index (χ1v) is 10.7. The second-order valence-electron chi connectivity index (χ2n) is 7.27. The summed E-state index contributed by atoms with van der Waals surface area (Å²) >= 11 is 0. The summed E-state index contributed by atoms with van der Waals surface area (Å²) in [6, 6.07) is 16.3. The number of nitrogens with zero attached hydrogens (tertiary/aromatic N) is 3. The molecule has 0 unspecified atom stereocenters. The average molecular weight is 436 g/mol. The molecule has 0 fully saturated rings. The third kappa shape index (κ3) is 7.55. The van der Waals surface area contributed by atoms with Crippen LogP contribution in [0.15, 0.2) is 73.3 Å². The van der Waals surface area contributed by atoms with Gasteiger partial charge in [0.2, 0.25) is 5.91 Å². The van der Waals surface area contributed by atoms with Crippen LogP contribution in [0.5, 0.6) is 5.75 Å². The minimum absolute atomic E-state index is 0.0899. The van der Waals surface area contributed by atoms with Gasteiger partial charge in [-0.15, -0.1) is 0 Å². The van der Waals surface area contributed by atoms with E-state index in [2.05, 4.69) is 15.6 Å². The number of carbonyl (C=O) groups excluding carboxylic acids is 2. The van der Waals surface area contributed by atoms with Crippen LogP contribution in [0.1, 0.15) is 18.9 Å². The first kappa shape index (κ1) is 23.0. The Morgan fingerprint density at radius 1 is 1.09 bits per heavy atom. The molecular formula is C24H29N5O3. The van der Waals surface area contributed by atoms with Crippen LogP contribution in [0.25, 0.3) is 0 Å². The maximum atomic E-state index is 12.6. The molecule has 1 heterocycles. The van der Waals surface area contributed by atoms with E-state index in [1.54, 1.807) is 24.7 Å². The highest BCUT2D eigenvalue weighted by Crippen LogP contribution is 2.20. The third-order valence-electron chi connectivity index (χ3n) is 4.77. The topological polar surface area (TPSA) is 88.5 Å². The number of hydrogen-bond acceptors (Lipinski definition) is 5. The van der Waals surface area contributed by atoms with Crippen molar-refractivity contribution in [1.29, 1.82) is 0 Å². The molecule has 0 aliphatic rings. The smallest absolute Gasteiger partial charge is 0.325 e. The molecule has 168 valence electrons. The summed E-state index contributed by atoms with van der Waals surface area (Å²) in [5.74, 6) is 0.437. The number of benzene rings is 2. The fourth-order valence-corrected chi connectivity index (χ4v) is 3.33. The van der Waals surface area contributed by atoms with Gasteiger partial charge < -0.3 is 14.6 Å². The van der Waals surface area contributed by atoms with Gasteiger partial charge in [0.25, 0.3) is 0 Å². The highest BCUT2D eigenvalue weighted by Gasteiger charge is 2.16. The molecule has 0 saturated heterocycles. The molecule has 3 aromatic rings. The molecule has 3 rings (SSSR count). The van der Waals surface area contributed by atoms with Gasteiger partial charge in [0, 0.05) is 43.3 Å². The number of imide groups is 1. The lowest BCUT2D eigenvalue weighted by molar-refractivity contribution is -0.121. The van der Waals surface area contributed by atoms with Gasteiger partial charge in [0.05, 0.1) is 19.5 Å². The van der Waals surface area contributed by atoms with Crippen LogP contribution in [-0.4, -0.2) is 46.1 Å². The van der Waals surface area contributed by atoms with Gasteiger partial charge in [0.15, 0.2) is 0 Å². The maximum Gasteiger partial charge on any atom is 0.325 e. The van der Waals surface area contributed by atoms with Gasteiger partial charge in [-0.2, -0.15) is 0 Å². The predicted octanol–water partition coefficient (Wildman–Crippen LogP) is 3.52. The summed E-state index contributed by atoms with van der Waals surface area (Å²) in [7, 11) is 0. The van der Waals surface area contributed by atoms with Crippen LogP contribution in [0.2, 0.25) is 0 Å². The summed E-state index contributed by atoms with van der Waals surface area (Å²) in [6.07, 6.45) is 6.26. The molecule has 32 heavy (non-hydrogen) atoms. The number of carbonyl (C=O) groups is 2. The van der Waals surface area contributed by atoms with Crippen molar-refractivity contribution in [3.8, 4) is 5.75 Å². The van der Waals surface area contributed by atoms with E-state index >= 15 is 0 Å². The normalized spacial score (nSPS) is 10.7. The number of rotatable bonds is 11. The number of aryl methyl sites for hydroxylation is 1. The van der Waals surface area contributed by atoms with Crippen LogP contribution < -0.4 is 15.4 Å². The summed E-state index contributed by atoms with van der Waals surface area (Å²) in [5.41, 5.74) is 1.62. The Balaban J connectivity index is 1.60. The lowest BCUT2D eigenvalue weighted by Gasteiger charge is -2.23. The number of imidazole rings is 1. The Labute approximate surface area is 188 Å². The maximum absolute atomic E-state index is 12.6. The van der Waals surface area contributed by atoms with E-state index in [0.717, 1.165) is 24.3 Å². The number of urea groups is 1. The van der Waals surface area contributed by atoms with Crippen molar-refractivity contribution in [3.63, 3.8) is 0 Å². The van der Waals surface area contributed by atoms with Crippen molar-refractivity contribution in [2.45, 2.75) is 26.4 Å². The van der Waals surface area contributed by atoms with Crippen LogP contribution in [-0.2, 0) is 17.9 Å². The number of nitrogens with one attached hydrogen (secondary N) is 2. The van der Waals surface area contributed by atoms with Gasteiger partial charge in [-0.3, -0.25) is 15.0 Å². The van der Waals surface area contributed by atoms with E-state index < -0.39 is 6.03 Å². The fourth-order valence-electron chi connectivity index (χ4n) is 3.33. The van der Waals surface area contributed by atoms with E-state index in [9.17, 15) is 9.59 Å². The van der Waals surface area contributed by atoms with Crippen molar-refractivity contribution in [2.75, 3.05) is 25.0 Å². The molecule has 2 N–H and O–H groups in total. The second kappa shape index (κ2) is 12.3. The SMILES string of the molecule is CCOc1ccccc1CN(CCCn1ccnc1)CC(=O)NC(=O)Nc1ccccc1. The first-order valence-electron chi connectivity index (χ1n) is 10.7. The van der Waals surface area contributed by atoms with Crippen molar-refractivity contribution in [2.24, 2.45) is 0 Å². The summed E-state index contributed by atoms with van der Waals surface area (Å²) < 4.78 is 7.73. The van der Waals surface area contributed by atoms with Crippen molar-refractivity contribution in [3.05, 3.63) is 78.9 Å². The zero-order chi connectivity index (χ0) is 22.6. The molecule has 0 radical (unpaired) electrons. The van der Waals surface area contributed by atoms with Crippen molar-refractivity contribution in [1.82, 2.24) is 19.8 Å². The van der Waals surface area contributed by atoms with Crippen molar-refractivity contribution >= 4 is 17.6 Å². The summed E-state index contributed by atoms with van der Waals surface area (Å²) in [4.78, 5) is 30.8. The molecule has 0 saturated carbocycles. The molecule has 1 aromatic heterocycles. The van der Waals surface area contributed by atoms with E-state index in [-0.39, 0.29) is 12.5 Å². The average Bonchev–Trinajstić information content (AvgIpc) is 3.29. The molecule has 3 amide bonds. The van der Waals surface area contributed by atoms with Crippen LogP contribution in [0.4, 0.5) is 10.5 Å². The largest absolute Gasteiger partial charge is 0.494 e. The Morgan fingerprint density at radius 3 is 2.62 bits per heavy atom. The van der Waals surface area contributed by atoms with Crippen LogP contribution in [0, 0.1) is 0 Å². The van der Waals surface area contributed by atoms with Gasteiger partial charge in [-0.05, 0) is 31.5 Å².